The van der Waals surface area contributed by atoms with Crippen LogP contribution in [0.25, 0.3) is 11.3 Å². The molecule has 1 aliphatic heterocycles. The molecule has 6 nitrogen and oxygen atoms in total. The van der Waals surface area contributed by atoms with Gasteiger partial charge in [0, 0.05) is 11.6 Å². The molecular weight excluding hydrogens is 387 g/mol. The molecule has 1 saturated heterocycles. The summed E-state index contributed by atoms with van der Waals surface area (Å²) in [5.41, 5.74) is 8.97. The van der Waals surface area contributed by atoms with Crippen molar-refractivity contribution in [3.8, 4) is 11.3 Å². The average molecular weight is 402 g/mol. The summed E-state index contributed by atoms with van der Waals surface area (Å²) in [5.74, 6) is 0.766. The van der Waals surface area contributed by atoms with E-state index in [0.717, 1.165) is 0 Å². The zero-order valence-electron chi connectivity index (χ0n) is 13.1. The molecule has 0 bridgehead atoms. The van der Waals surface area contributed by atoms with Gasteiger partial charge in [-0.05, 0) is 37.6 Å². The molecule has 3 N–H and O–H groups in total. The SMILES string of the molecule is CC1CC(C(=O)N/N=C/c2ccc(-c3cc(Cl)c(Cl)cc3Cl)o2)NN1. The number of hydrazine groups is 1. The Kier molecular flexibility index (Phi) is 5.66. The highest BCUT2D eigenvalue weighted by atomic mass is 35.5. The lowest BCUT2D eigenvalue weighted by atomic mass is 10.1. The first-order chi connectivity index (χ1) is 11.9. The van der Waals surface area contributed by atoms with Gasteiger partial charge in [-0.2, -0.15) is 5.10 Å². The van der Waals surface area contributed by atoms with Crippen LogP contribution in [0.5, 0.6) is 0 Å². The second-order valence-electron chi connectivity index (χ2n) is 5.66. The molecule has 0 radical (unpaired) electrons. The van der Waals surface area contributed by atoms with Gasteiger partial charge < -0.3 is 4.42 Å². The van der Waals surface area contributed by atoms with E-state index >= 15 is 0 Å². The highest BCUT2D eigenvalue weighted by molar-refractivity contribution is 6.44. The third-order valence-electron chi connectivity index (χ3n) is 3.68. The summed E-state index contributed by atoms with van der Waals surface area (Å²) >= 11 is 18.1. The molecule has 1 aromatic heterocycles. The van der Waals surface area contributed by atoms with E-state index in [4.69, 9.17) is 39.2 Å². The molecule has 9 heteroatoms. The largest absolute Gasteiger partial charge is 0.455 e. The van der Waals surface area contributed by atoms with Crippen molar-refractivity contribution in [1.82, 2.24) is 16.3 Å². The number of nitrogens with one attached hydrogen (secondary N) is 3. The standard InChI is InChI=1S/C16H15Cl3N4O2/c1-8-4-14(22-21-8)16(24)23-20-7-9-2-3-15(25-9)10-5-12(18)13(19)6-11(10)17/h2-3,5-8,14,21-22H,4H2,1H3,(H,23,24)/b20-7+. The Balaban J connectivity index is 1.66. The van der Waals surface area contributed by atoms with E-state index in [9.17, 15) is 4.79 Å². The third kappa shape index (κ3) is 4.34. The summed E-state index contributed by atoms with van der Waals surface area (Å²) in [4.78, 5) is 11.9. The second-order valence-corrected chi connectivity index (χ2v) is 6.88. The van der Waals surface area contributed by atoms with Gasteiger partial charge in [0.2, 0.25) is 0 Å². The number of hydrogen-bond acceptors (Lipinski definition) is 5. The van der Waals surface area contributed by atoms with Crippen LogP contribution in [-0.2, 0) is 4.79 Å². The quantitative estimate of drug-likeness (QED) is 0.415. The van der Waals surface area contributed by atoms with E-state index in [-0.39, 0.29) is 18.0 Å². The van der Waals surface area contributed by atoms with Gasteiger partial charge >= 0.3 is 0 Å². The van der Waals surface area contributed by atoms with Crippen molar-refractivity contribution in [1.29, 1.82) is 0 Å². The fraction of sp³-hybridized carbons (Fsp3) is 0.250. The molecule has 132 valence electrons. The van der Waals surface area contributed by atoms with Crippen molar-refractivity contribution in [3.05, 3.63) is 45.1 Å². The fourth-order valence-electron chi connectivity index (χ4n) is 2.40. The van der Waals surface area contributed by atoms with Gasteiger partial charge in [-0.15, -0.1) is 0 Å². The van der Waals surface area contributed by atoms with Gasteiger partial charge in [0.05, 0.1) is 21.3 Å². The van der Waals surface area contributed by atoms with Crippen LogP contribution in [-0.4, -0.2) is 24.2 Å². The number of amides is 1. The molecule has 25 heavy (non-hydrogen) atoms. The summed E-state index contributed by atoms with van der Waals surface area (Å²) in [6.07, 6.45) is 2.11. The first kappa shape index (κ1) is 18.2. The number of furan rings is 1. The molecule has 2 unspecified atom stereocenters. The van der Waals surface area contributed by atoms with Crippen LogP contribution in [0.1, 0.15) is 19.1 Å². The minimum atomic E-state index is -0.311. The number of carbonyl (C=O) groups excluding carboxylic acids is 1. The van der Waals surface area contributed by atoms with E-state index in [2.05, 4.69) is 21.4 Å². The first-order valence-electron chi connectivity index (χ1n) is 7.53. The highest BCUT2D eigenvalue weighted by Crippen LogP contribution is 2.35. The van der Waals surface area contributed by atoms with Crippen molar-refractivity contribution in [2.45, 2.75) is 25.4 Å². The van der Waals surface area contributed by atoms with Crippen molar-refractivity contribution in [2.75, 3.05) is 0 Å². The van der Waals surface area contributed by atoms with Crippen molar-refractivity contribution in [2.24, 2.45) is 5.10 Å². The van der Waals surface area contributed by atoms with Gasteiger partial charge in [0.15, 0.2) is 0 Å². The smallest absolute Gasteiger partial charge is 0.258 e. The normalized spacial score (nSPS) is 20.3. The summed E-state index contributed by atoms with van der Waals surface area (Å²) in [5, 5.41) is 5.08. The topological polar surface area (TPSA) is 78.7 Å². The van der Waals surface area contributed by atoms with E-state index in [1.807, 2.05) is 6.92 Å². The maximum Gasteiger partial charge on any atom is 0.258 e. The molecule has 0 aliphatic carbocycles. The number of rotatable bonds is 4. The summed E-state index contributed by atoms with van der Waals surface area (Å²) in [6.45, 7) is 1.99. The lowest BCUT2D eigenvalue weighted by Gasteiger charge is -2.05. The lowest BCUT2D eigenvalue weighted by molar-refractivity contribution is -0.122. The van der Waals surface area contributed by atoms with Crippen LogP contribution in [0.15, 0.2) is 33.8 Å². The monoisotopic (exact) mass is 400 g/mol. The average Bonchev–Trinajstić information content (AvgIpc) is 3.20. The minimum absolute atomic E-state index is 0.215. The van der Waals surface area contributed by atoms with Gasteiger partial charge in [0.25, 0.3) is 5.91 Å². The number of nitrogens with zero attached hydrogens (tertiary/aromatic N) is 1. The summed E-state index contributed by atoms with van der Waals surface area (Å²) in [7, 11) is 0. The zero-order valence-corrected chi connectivity index (χ0v) is 15.4. The summed E-state index contributed by atoms with van der Waals surface area (Å²) < 4.78 is 5.66. The summed E-state index contributed by atoms with van der Waals surface area (Å²) in [6, 6.07) is 6.56. The molecule has 1 amide bonds. The molecule has 0 spiro atoms. The van der Waals surface area contributed by atoms with E-state index in [0.29, 0.717) is 38.6 Å². The molecule has 2 atom stereocenters. The van der Waals surface area contributed by atoms with Crippen LogP contribution >= 0.6 is 34.8 Å². The Labute approximate surface area is 159 Å². The molecule has 1 aromatic carbocycles. The molecule has 1 fully saturated rings. The number of hydrazone groups is 1. The van der Waals surface area contributed by atoms with E-state index in [1.165, 1.54) is 6.21 Å². The number of carbonyl (C=O) groups is 1. The van der Waals surface area contributed by atoms with Crippen LogP contribution in [0.4, 0.5) is 0 Å². The van der Waals surface area contributed by atoms with Crippen LogP contribution in [0.3, 0.4) is 0 Å². The van der Waals surface area contributed by atoms with Gasteiger partial charge in [-0.3, -0.25) is 10.2 Å². The van der Waals surface area contributed by atoms with Crippen LogP contribution in [0, 0.1) is 0 Å². The Hall–Kier alpha value is -1.57. The lowest BCUT2D eigenvalue weighted by Crippen LogP contribution is -2.41. The molecule has 1 aliphatic rings. The number of hydrogen-bond donors (Lipinski definition) is 3. The van der Waals surface area contributed by atoms with Gasteiger partial charge in [-0.1, -0.05) is 34.8 Å². The zero-order chi connectivity index (χ0) is 18.0. The Bertz CT molecular complexity index is 822. The molecule has 3 rings (SSSR count). The van der Waals surface area contributed by atoms with Crippen molar-refractivity contribution >= 4 is 46.9 Å². The molecule has 2 aromatic rings. The van der Waals surface area contributed by atoms with E-state index < -0.39 is 0 Å². The van der Waals surface area contributed by atoms with Crippen LogP contribution in [0.2, 0.25) is 15.1 Å². The van der Waals surface area contributed by atoms with Crippen molar-refractivity contribution < 1.29 is 9.21 Å². The fourth-order valence-corrected chi connectivity index (χ4v) is 3.04. The van der Waals surface area contributed by atoms with Gasteiger partial charge in [-0.25, -0.2) is 10.9 Å². The van der Waals surface area contributed by atoms with E-state index in [1.54, 1.807) is 24.3 Å². The molecule has 0 saturated carbocycles. The highest BCUT2D eigenvalue weighted by Gasteiger charge is 2.26. The Morgan fingerprint density at radius 3 is 2.72 bits per heavy atom. The number of benzene rings is 1. The third-order valence-corrected chi connectivity index (χ3v) is 4.71. The maximum absolute atomic E-state index is 11.9. The predicted molar refractivity (Wildman–Crippen MR) is 99.0 cm³/mol. The van der Waals surface area contributed by atoms with Crippen molar-refractivity contribution in [3.63, 3.8) is 0 Å². The first-order valence-corrected chi connectivity index (χ1v) is 8.66. The second kappa shape index (κ2) is 7.76. The predicted octanol–water partition coefficient (Wildman–Crippen LogP) is 3.61. The maximum atomic E-state index is 11.9. The minimum Gasteiger partial charge on any atom is -0.455 e. The Morgan fingerprint density at radius 1 is 1.24 bits per heavy atom. The van der Waals surface area contributed by atoms with Gasteiger partial charge in [0.1, 0.15) is 17.6 Å². The van der Waals surface area contributed by atoms with Crippen LogP contribution < -0.4 is 16.3 Å². The molecular formula is C16H15Cl3N4O2. The molecule has 2 heterocycles. The number of halogens is 3. The Morgan fingerprint density at radius 2 is 2.00 bits per heavy atom.